The first-order valence-electron chi connectivity index (χ1n) is 4.03. The number of benzene rings is 1. The van der Waals surface area contributed by atoms with Crippen molar-refractivity contribution in [3.8, 4) is 0 Å². The third-order valence-electron chi connectivity index (χ3n) is 1.93. The van der Waals surface area contributed by atoms with E-state index in [9.17, 15) is 8.78 Å². The van der Waals surface area contributed by atoms with Gasteiger partial charge in [0.05, 0.1) is 0 Å². The lowest BCUT2D eigenvalue weighted by atomic mass is 9.99. The van der Waals surface area contributed by atoms with Gasteiger partial charge in [-0.3, -0.25) is 0 Å². The molecule has 4 N–H and O–H groups in total. The topological polar surface area (TPSA) is 52.0 Å². The van der Waals surface area contributed by atoms with E-state index in [0.717, 1.165) is 6.07 Å². The van der Waals surface area contributed by atoms with E-state index in [2.05, 4.69) is 0 Å². The van der Waals surface area contributed by atoms with Crippen LogP contribution in [0.25, 0.3) is 0 Å². The Morgan fingerprint density at radius 1 is 1.00 bits per heavy atom. The van der Waals surface area contributed by atoms with Crippen molar-refractivity contribution >= 4 is 0 Å². The number of halogens is 2. The van der Waals surface area contributed by atoms with E-state index in [4.69, 9.17) is 11.5 Å². The number of hydrogen-bond acceptors (Lipinski definition) is 2. The third-order valence-corrected chi connectivity index (χ3v) is 1.93. The second-order valence-electron chi connectivity index (χ2n) is 2.87. The molecule has 0 aromatic heterocycles. The molecule has 1 aromatic rings. The highest BCUT2D eigenvalue weighted by atomic mass is 19.1. The molecule has 0 atom stereocenters. The van der Waals surface area contributed by atoms with Crippen LogP contribution in [0.15, 0.2) is 18.2 Å². The predicted octanol–water partition coefficient (Wildman–Crippen LogP) is 0.966. The molecule has 13 heavy (non-hydrogen) atoms. The van der Waals surface area contributed by atoms with Gasteiger partial charge < -0.3 is 11.5 Å². The Kier molecular flexibility index (Phi) is 3.33. The Labute approximate surface area is 75.5 Å². The minimum atomic E-state index is -0.595. The molecule has 0 amide bonds. The van der Waals surface area contributed by atoms with Crippen LogP contribution in [0.3, 0.4) is 0 Å². The fraction of sp³-hybridized carbons (Fsp3) is 0.333. The van der Waals surface area contributed by atoms with Crippen LogP contribution >= 0.6 is 0 Å². The first-order valence-corrected chi connectivity index (χ1v) is 4.03. The molecule has 0 aliphatic carbocycles. The Morgan fingerprint density at radius 3 is 1.85 bits per heavy atom. The van der Waals surface area contributed by atoms with Gasteiger partial charge in [-0.1, -0.05) is 0 Å². The van der Waals surface area contributed by atoms with Gasteiger partial charge in [-0.05, 0) is 17.7 Å². The summed E-state index contributed by atoms with van der Waals surface area (Å²) in [4.78, 5) is 0. The smallest absolute Gasteiger partial charge is 0.126 e. The SMILES string of the molecule is NCC(CN)c1cc(F)cc(F)c1. The molecule has 72 valence electrons. The zero-order chi connectivity index (χ0) is 9.84. The fourth-order valence-corrected chi connectivity index (χ4v) is 1.18. The van der Waals surface area contributed by atoms with Crippen LogP contribution in [0.5, 0.6) is 0 Å². The first kappa shape index (κ1) is 10.1. The van der Waals surface area contributed by atoms with Crippen LogP contribution in [-0.2, 0) is 0 Å². The summed E-state index contributed by atoms with van der Waals surface area (Å²) >= 11 is 0. The van der Waals surface area contributed by atoms with Gasteiger partial charge in [0, 0.05) is 25.1 Å². The van der Waals surface area contributed by atoms with Crippen molar-refractivity contribution in [2.75, 3.05) is 13.1 Å². The molecule has 0 heterocycles. The minimum Gasteiger partial charge on any atom is -0.330 e. The zero-order valence-corrected chi connectivity index (χ0v) is 7.13. The maximum absolute atomic E-state index is 12.7. The molecule has 0 radical (unpaired) electrons. The van der Waals surface area contributed by atoms with Crippen molar-refractivity contribution in [1.82, 2.24) is 0 Å². The number of rotatable bonds is 3. The summed E-state index contributed by atoms with van der Waals surface area (Å²) in [6, 6.07) is 3.34. The molecule has 0 unspecified atom stereocenters. The predicted molar refractivity (Wildman–Crippen MR) is 47.2 cm³/mol. The molecule has 0 spiro atoms. The van der Waals surface area contributed by atoms with Crippen LogP contribution in [0.1, 0.15) is 11.5 Å². The van der Waals surface area contributed by atoms with Gasteiger partial charge in [0.25, 0.3) is 0 Å². The van der Waals surface area contributed by atoms with Gasteiger partial charge in [-0.15, -0.1) is 0 Å². The average Bonchev–Trinajstić information content (AvgIpc) is 2.04. The number of nitrogens with two attached hydrogens (primary N) is 2. The van der Waals surface area contributed by atoms with Gasteiger partial charge in [0.2, 0.25) is 0 Å². The lowest BCUT2D eigenvalue weighted by Gasteiger charge is -2.12. The van der Waals surface area contributed by atoms with E-state index in [1.807, 2.05) is 0 Å². The van der Waals surface area contributed by atoms with Crippen molar-refractivity contribution in [2.45, 2.75) is 5.92 Å². The maximum Gasteiger partial charge on any atom is 0.126 e. The zero-order valence-electron chi connectivity index (χ0n) is 7.13. The quantitative estimate of drug-likeness (QED) is 0.738. The van der Waals surface area contributed by atoms with E-state index in [1.54, 1.807) is 0 Å². The molecule has 0 fully saturated rings. The number of hydrogen-bond donors (Lipinski definition) is 2. The van der Waals surface area contributed by atoms with E-state index in [1.165, 1.54) is 12.1 Å². The molecule has 2 nitrogen and oxygen atoms in total. The van der Waals surface area contributed by atoms with E-state index in [-0.39, 0.29) is 5.92 Å². The Morgan fingerprint density at radius 2 is 1.46 bits per heavy atom. The van der Waals surface area contributed by atoms with Gasteiger partial charge in [0.15, 0.2) is 0 Å². The largest absolute Gasteiger partial charge is 0.330 e. The molecule has 0 saturated carbocycles. The second kappa shape index (κ2) is 4.30. The maximum atomic E-state index is 12.7. The van der Waals surface area contributed by atoms with Crippen LogP contribution < -0.4 is 11.5 Å². The van der Waals surface area contributed by atoms with E-state index < -0.39 is 11.6 Å². The van der Waals surface area contributed by atoms with Gasteiger partial charge in [-0.25, -0.2) is 8.78 Å². The monoisotopic (exact) mass is 186 g/mol. The summed E-state index contributed by atoms with van der Waals surface area (Å²) in [6.45, 7) is 0.582. The highest BCUT2D eigenvalue weighted by Gasteiger charge is 2.09. The Balaban J connectivity index is 2.99. The molecule has 0 saturated heterocycles. The lowest BCUT2D eigenvalue weighted by Crippen LogP contribution is -2.21. The summed E-state index contributed by atoms with van der Waals surface area (Å²) in [6.07, 6.45) is 0. The van der Waals surface area contributed by atoms with Crippen molar-refractivity contribution in [3.63, 3.8) is 0 Å². The van der Waals surface area contributed by atoms with Crippen molar-refractivity contribution in [2.24, 2.45) is 11.5 Å². The Bertz CT molecular complexity index is 265. The standard InChI is InChI=1S/C9H12F2N2/c10-8-1-6(2-9(11)3-8)7(4-12)5-13/h1-3,7H,4-5,12-13H2. The molecule has 1 rings (SSSR count). The third kappa shape index (κ3) is 2.47. The van der Waals surface area contributed by atoms with Crippen LogP contribution in [0.4, 0.5) is 8.78 Å². The molecular formula is C9H12F2N2. The first-order chi connectivity index (χ1) is 6.17. The van der Waals surface area contributed by atoms with Crippen molar-refractivity contribution in [1.29, 1.82) is 0 Å². The van der Waals surface area contributed by atoms with E-state index >= 15 is 0 Å². The molecular weight excluding hydrogens is 174 g/mol. The lowest BCUT2D eigenvalue weighted by molar-refractivity contribution is 0.573. The van der Waals surface area contributed by atoms with Crippen molar-refractivity contribution < 1.29 is 8.78 Å². The fourth-order valence-electron chi connectivity index (χ4n) is 1.18. The molecule has 0 aliphatic rings. The van der Waals surface area contributed by atoms with Crippen LogP contribution in [0.2, 0.25) is 0 Å². The highest BCUT2D eigenvalue weighted by Crippen LogP contribution is 2.16. The summed E-state index contributed by atoms with van der Waals surface area (Å²) in [5, 5.41) is 0. The molecule has 0 bridgehead atoms. The molecule has 1 aromatic carbocycles. The van der Waals surface area contributed by atoms with Gasteiger partial charge >= 0.3 is 0 Å². The minimum absolute atomic E-state index is 0.176. The summed E-state index contributed by atoms with van der Waals surface area (Å²) in [7, 11) is 0. The molecule has 4 heteroatoms. The summed E-state index contributed by atoms with van der Waals surface area (Å²) in [5.41, 5.74) is 11.3. The van der Waals surface area contributed by atoms with Gasteiger partial charge in [-0.2, -0.15) is 0 Å². The van der Waals surface area contributed by atoms with Crippen LogP contribution in [0, 0.1) is 11.6 Å². The van der Waals surface area contributed by atoms with Crippen molar-refractivity contribution in [3.05, 3.63) is 35.4 Å². The average molecular weight is 186 g/mol. The van der Waals surface area contributed by atoms with E-state index in [0.29, 0.717) is 18.7 Å². The highest BCUT2D eigenvalue weighted by molar-refractivity contribution is 5.22. The summed E-state index contributed by atoms with van der Waals surface area (Å²) in [5.74, 6) is -1.37. The molecule has 0 aliphatic heterocycles. The Hall–Kier alpha value is -1.00. The summed E-state index contributed by atoms with van der Waals surface area (Å²) < 4.78 is 25.5. The normalized spacial score (nSPS) is 10.8. The van der Waals surface area contributed by atoms with Gasteiger partial charge in [0.1, 0.15) is 11.6 Å². The van der Waals surface area contributed by atoms with Crippen LogP contribution in [-0.4, -0.2) is 13.1 Å². The second-order valence-corrected chi connectivity index (χ2v) is 2.87.